The van der Waals surface area contributed by atoms with E-state index in [1.807, 2.05) is 44.4 Å². The molecule has 0 bridgehead atoms. The normalized spacial score (nSPS) is 16.4. The van der Waals surface area contributed by atoms with Crippen LogP contribution in [0, 0.1) is 12.7 Å². The average molecular weight is 479 g/mol. The first-order valence-corrected chi connectivity index (χ1v) is 12.8. The number of fused-ring (bicyclic) bond motifs is 4. The second-order valence-electron chi connectivity index (χ2n) is 11.8. The van der Waals surface area contributed by atoms with E-state index in [1.54, 1.807) is 6.07 Å². The Morgan fingerprint density at radius 1 is 0.833 bits per heavy atom. The third kappa shape index (κ3) is 3.32. The molecule has 0 N–H and O–H groups in total. The molecule has 0 fully saturated rings. The van der Waals surface area contributed by atoms with E-state index in [-0.39, 0.29) is 16.6 Å². The summed E-state index contributed by atoms with van der Waals surface area (Å²) in [5.41, 5.74) is 9.38. The monoisotopic (exact) mass is 478 g/mol. The molecule has 0 radical (unpaired) electrons. The van der Waals surface area contributed by atoms with E-state index in [4.69, 9.17) is 4.42 Å². The molecule has 1 aliphatic rings. The summed E-state index contributed by atoms with van der Waals surface area (Å²) in [5, 5.41) is 1.37. The Balaban J connectivity index is 1.65. The molecule has 0 amide bonds. The Labute approximate surface area is 212 Å². The number of para-hydroxylation sites is 1. The Morgan fingerprint density at radius 3 is 2.33 bits per heavy atom. The summed E-state index contributed by atoms with van der Waals surface area (Å²) in [7, 11) is 2.01. The second-order valence-corrected chi connectivity index (χ2v) is 11.8. The molecule has 6 rings (SSSR count). The van der Waals surface area contributed by atoms with Crippen molar-refractivity contribution in [1.29, 1.82) is 0 Å². The van der Waals surface area contributed by atoms with Crippen LogP contribution < -0.4 is 4.57 Å². The summed E-state index contributed by atoms with van der Waals surface area (Å²) in [4.78, 5) is 0. The number of hydrogen-bond donors (Lipinski definition) is 0. The first-order chi connectivity index (χ1) is 17.1. The van der Waals surface area contributed by atoms with Crippen molar-refractivity contribution in [3.8, 4) is 22.4 Å². The molecule has 0 aliphatic heterocycles. The van der Waals surface area contributed by atoms with Crippen LogP contribution in [0.3, 0.4) is 0 Å². The zero-order chi connectivity index (χ0) is 25.4. The minimum Gasteiger partial charge on any atom is -0.454 e. The summed E-state index contributed by atoms with van der Waals surface area (Å²) >= 11 is 0. The largest absolute Gasteiger partial charge is 0.454 e. The number of furan rings is 1. The van der Waals surface area contributed by atoms with Crippen molar-refractivity contribution in [1.82, 2.24) is 0 Å². The molecular weight excluding hydrogens is 445 g/mol. The van der Waals surface area contributed by atoms with Gasteiger partial charge in [-0.25, -0.2) is 8.96 Å². The Kier molecular flexibility index (Phi) is 4.96. The van der Waals surface area contributed by atoms with Crippen LogP contribution in [-0.2, 0) is 17.9 Å². The number of aromatic nitrogens is 1. The van der Waals surface area contributed by atoms with Crippen molar-refractivity contribution < 1.29 is 13.4 Å². The zero-order valence-electron chi connectivity index (χ0n) is 22.0. The van der Waals surface area contributed by atoms with Crippen LogP contribution in [0.2, 0.25) is 0 Å². The minimum absolute atomic E-state index is 0.112. The summed E-state index contributed by atoms with van der Waals surface area (Å²) < 4.78 is 24.2. The van der Waals surface area contributed by atoms with Crippen LogP contribution >= 0.6 is 0 Å². The first kappa shape index (κ1) is 23.0. The predicted octanol–water partition coefficient (Wildman–Crippen LogP) is 8.54. The summed E-state index contributed by atoms with van der Waals surface area (Å²) in [6.45, 7) is 11.3. The third-order valence-electron chi connectivity index (χ3n) is 8.39. The van der Waals surface area contributed by atoms with Crippen molar-refractivity contribution in [2.24, 2.45) is 7.05 Å². The maximum Gasteiger partial charge on any atom is 0.216 e. The van der Waals surface area contributed by atoms with Crippen LogP contribution in [0.5, 0.6) is 0 Å². The molecule has 0 saturated heterocycles. The highest BCUT2D eigenvalue weighted by molar-refractivity contribution is 6.13. The fourth-order valence-electron chi connectivity index (χ4n) is 6.13. The van der Waals surface area contributed by atoms with E-state index in [0.29, 0.717) is 11.0 Å². The number of hydrogen-bond acceptors (Lipinski definition) is 1. The number of aryl methyl sites for hydroxylation is 2. The van der Waals surface area contributed by atoms with Gasteiger partial charge < -0.3 is 4.42 Å². The molecule has 0 saturated carbocycles. The fraction of sp³-hybridized carbons (Fsp3) is 0.303. The zero-order valence-corrected chi connectivity index (χ0v) is 22.0. The maximum absolute atomic E-state index is 15.5. The van der Waals surface area contributed by atoms with Gasteiger partial charge in [-0.05, 0) is 65.0 Å². The van der Waals surface area contributed by atoms with Gasteiger partial charge in [0.25, 0.3) is 0 Å². The van der Waals surface area contributed by atoms with Gasteiger partial charge in [0.05, 0.1) is 10.9 Å². The molecule has 2 heterocycles. The second kappa shape index (κ2) is 7.77. The molecule has 36 heavy (non-hydrogen) atoms. The number of halogens is 1. The topological polar surface area (TPSA) is 17.0 Å². The molecule has 2 nitrogen and oxygen atoms in total. The average Bonchev–Trinajstić information content (AvgIpc) is 3.23. The lowest BCUT2D eigenvalue weighted by molar-refractivity contribution is -0.660. The van der Waals surface area contributed by atoms with Gasteiger partial charge in [0.1, 0.15) is 18.4 Å². The Bertz CT molecular complexity index is 1670. The lowest BCUT2D eigenvalue weighted by Crippen LogP contribution is -2.33. The van der Waals surface area contributed by atoms with Crippen LogP contribution in [0.25, 0.3) is 44.3 Å². The highest BCUT2D eigenvalue weighted by Gasteiger charge is 2.37. The summed E-state index contributed by atoms with van der Waals surface area (Å²) in [5.74, 6) is -0.242. The lowest BCUT2D eigenvalue weighted by atomic mass is 9.63. The van der Waals surface area contributed by atoms with E-state index >= 15 is 4.39 Å². The predicted molar refractivity (Wildman–Crippen MR) is 146 cm³/mol. The van der Waals surface area contributed by atoms with E-state index in [0.717, 1.165) is 45.3 Å². The Hall–Kier alpha value is -3.46. The molecule has 3 aromatic carbocycles. The molecule has 1 aliphatic carbocycles. The lowest BCUT2D eigenvalue weighted by Gasteiger charge is -2.42. The fourth-order valence-corrected chi connectivity index (χ4v) is 6.13. The summed E-state index contributed by atoms with van der Waals surface area (Å²) in [6.07, 6.45) is 4.35. The molecule has 0 spiro atoms. The highest BCUT2D eigenvalue weighted by atomic mass is 19.1. The number of benzene rings is 3. The van der Waals surface area contributed by atoms with E-state index in [9.17, 15) is 0 Å². The number of rotatable bonds is 2. The van der Waals surface area contributed by atoms with Crippen molar-refractivity contribution in [3.63, 3.8) is 0 Å². The van der Waals surface area contributed by atoms with E-state index < -0.39 is 0 Å². The molecule has 182 valence electrons. The highest BCUT2D eigenvalue weighted by Crippen LogP contribution is 2.48. The maximum atomic E-state index is 15.5. The number of pyridine rings is 1. The van der Waals surface area contributed by atoms with Gasteiger partial charge in [-0.3, -0.25) is 0 Å². The summed E-state index contributed by atoms with van der Waals surface area (Å²) in [6, 6.07) is 20.6. The van der Waals surface area contributed by atoms with Gasteiger partial charge in [-0.1, -0.05) is 64.1 Å². The van der Waals surface area contributed by atoms with E-state index in [2.05, 4.69) is 62.6 Å². The van der Waals surface area contributed by atoms with Crippen molar-refractivity contribution in [3.05, 3.63) is 89.4 Å². The van der Waals surface area contributed by atoms with Gasteiger partial charge >= 0.3 is 0 Å². The molecule has 5 aromatic rings. The molecule has 2 aromatic heterocycles. The van der Waals surface area contributed by atoms with Crippen LogP contribution in [-0.4, -0.2) is 0 Å². The van der Waals surface area contributed by atoms with Crippen molar-refractivity contribution in [2.45, 2.75) is 58.3 Å². The minimum atomic E-state index is -0.242. The third-order valence-corrected chi connectivity index (χ3v) is 8.39. The standard InChI is InChI=1S/C33H33FNO/c1-20-18-26(34)29-23-11-9-10-22(30(23)36-31(29)28(20)27-12-7-8-17-35(27)6)21-13-14-24-25(19-21)33(4,5)16-15-32(24,2)3/h7-14,17-19H,15-16H2,1-6H3/q+1. The van der Waals surface area contributed by atoms with Gasteiger partial charge in [-0.15, -0.1) is 0 Å². The molecule has 0 atom stereocenters. The van der Waals surface area contributed by atoms with Gasteiger partial charge in [-0.2, -0.15) is 0 Å². The molecule has 3 heteroatoms. The first-order valence-electron chi connectivity index (χ1n) is 12.8. The smallest absolute Gasteiger partial charge is 0.216 e. The number of nitrogens with zero attached hydrogens (tertiary/aromatic N) is 1. The van der Waals surface area contributed by atoms with Crippen LogP contribution in [0.4, 0.5) is 4.39 Å². The molecular formula is C33H33FNO+. The van der Waals surface area contributed by atoms with Gasteiger partial charge in [0.15, 0.2) is 11.8 Å². The van der Waals surface area contributed by atoms with Gasteiger partial charge in [0.2, 0.25) is 5.69 Å². The van der Waals surface area contributed by atoms with Crippen LogP contribution in [0.15, 0.2) is 71.3 Å². The van der Waals surface area contributed by atoms with Crippen molar-refractivity contribution >= 4 is 21.9 Å². The quantitative estimate of drug-likeness (QED) is 0.232. The SMILES string of the molecule is Cc1cc(F)c2c(oc3c(-c4ccc5c(c4)C(C)(C)CCC5(C)C)cccc32)c1-c1cccc[n+]1C. The molecule has 0 unspecified atom stereocenters. The van der Waals surface area contributed by atoms with Crippen LogP contribution in [0.1, 0.15) is 57.2 Å². The Morgan fingerprint density at radius 2 is 1.58 bits per heavy atom. The van der Waals surface area contributed by atoms with Gasteiger partial charge in [0, 0.05) is 23.1 Å². The van der Waals surface area contributed by atoms with Crippen molar-refractivity contribution in [2.75, 3.05) is 0 Å². The van der Waals surface area contributed by atoms with E-state index in [1.165, 1.54) is 17.5 Å².